The van der Waals surface area contributed by atoms with Crippen LogP contribution in [0.1, 0.15) is 18.2 Å². The molecule has 3 nitrogen and oxygen atoms in total. The van der Waals surface area contributed by atoms with Gasteiger partial charge in [-0.25, -0.2) is 0 Å². The van der Waals surface area contributed by atoms with E-state index in [9.17, 15) is 0 Å². The third-order valence-corrected chi connectivity index (χ3v) is 3.09. The van der Waals surface area contributed by atoms with Crippen molar-refractivity contribution in [2.24, 2.45) is 5.73 Å². The zero-order chi connectivity index (χ0) is 10.3. The Bertz CT molecular complexity index is 441. The molecular formula is C12H15N3. The maximum atomic E-state index is 5.88. The Kier molecular flexibility index (Phi) is 2.01. The van der Waals surface area contributed by atoms with Crippen LogP contribution >= 0.6 is 0 Å². The van der Waals surface area contributed by atoms with Crippen LogP contribution in [0.15, 0.2) is 30.3 Å². The van der Waals surface area contributed by atoms with Crippen LogP contribution in [0.25, 0.3) is 10.9 Å². The first-order chi connectivity index (χ1) is 7.33. The van der Waals surface area contributed by atoms with Gasteiger partial charge in [0.15, 0.2) is 0 Å². The summed E-state index contributed by atoms with van der Waals surface area (Å²) in [7, 11) is 0. The Hall–Kier alpha value is -1.32. The molecule has 1 aliphatic rings. The van der Waals surface area contributed by atoms with Gasteiger partial charge in [0.05, 0.1) is 0 Å². The van der Waals surface area contributed by atoms with Gasteiger partial charge in [0, 0.05) is 29.8 Å². The van der Waals surface area contributed by atoms with Gasteiger partial charge in [-0.3, -0.25) is 0 Å². The van der Waals surface area contributed by atoms with Gasteiger partial charge < -0.3 is 16.0 Å². The molecule has 2 heterocycles. The van der Waals surface area contributed by atoms with Crippen molar-refractivity contribution in [2.45, 2.75) is 18.5 Å². The minimum Gasteiger partial charge on any atom is -0.357 e. The number of nitrogens with two attached hydrogens (primary N) is 1. The van der Waals surface area contributed by atoms with Crippen LogP contribution in [0, 0.1) is 0 Å². The summed E-state index contributed by atoms with van der Waals surface area (Å²) in [5.74, 6) is 0. The molecule has 0 amide bonds. The molecule has 0 radical (unpaired) electrons. The molecule has 0 unspecified atom stereocenters. The van der Waals surface area contributed by atoms with E-state index in [1.165, 1.54) is 16.6 Å². The molecule has 0 aliphatic carbocycles. The number of para-hydroxylation sites is 1. The summed E-state index contributed by atoms with van der Waals surface area (Å²) in [5, 5.41) is 4.70. The fourth-order valence-corrected chi connectivity index (χ4v) is 2.28. The number of nitrogens with one attached hydrogen (secondary N) is 2. The molecule has 3 heteroatoms. The van der Waals surface area contributed by atoms with Crippen LogP contribution in [-0.2, 0) is 0 Å². The maximum absolute atomic E-state index is 5.88. The third kappa shape index (κ3) is 1.54. The van der Waals surface area contributed by atoms with Crippen molar-refractivity contribution in [1.82, 2.24) is 10.3 Å². The lowest BCUT2D eigenvalue weighted by atomic mass is 10.1. The lowest BCUT2D eigenvalue weighted by Gasteiger charge is -2.06. The number of fused-ring (bicyclic) bond motifs is 1. The molecule has 1 aromatic carbocycles. The molecule has 3 rings (SSSR count). The van der Waals surface area contributed by atoms with E-state index in [4.69, 9.17) is 5.73 Å². The van der Waals surface area contributed by atoms with E-state index in [0.717, 1.165) is 13.0 Å². The van der Waals surface area contributed by atoms with Gasteiger partial charge in [-0.1, -0.05) is 18.2 Å². The Labute approximate surface area is 88.7 Å². The predicted molar refractivity (Wildman–Crippen MR) is 61.6 cm³/mol. The number of benzene rings is 1. The van der Waals surface area contributed by atoms with Crippen molar-refractivity contribution in [1.29, 1.82) is 0 Å². The molecular weight excluding hydrogens is 186 g/mol. The van der Waals surface area contributed by atoms with Gasteiger partial charge in [-0.2, -0.15) is 0 Å². The molecule has 2 atom stereocenters. The SMILES string of the molecule is N[C@@H]1CN[C@H](c2cc3ccccc3[nH]2)C1. The first-order valence-corrected chi connectivity index (χ1v) is 5.39. The third-order valence-electron chi connectivity index (χ3n) is 3.09. The largest absolute Gasteiger partial charge is 0.357 e. The molecule has 2 aromatic rings. The van der Waals surface area contributed by atoms with Gasteiger partial charge in [-0.05, 0) is 23.9 Å². The van der Waals surface area contributed by atoms with E-state index in [1.54, 1.807) is 0 Å². The average Bonchev–Trinajstić information content (AvgIpc) is 2.82. The van der Waals surface area contributed by atoms with Crippen LogP contribution in [0.4, 0.5) is 0 Å². The highest BCUT2D eigenvalue weighted by atomic mass is 15.0. The summed E-state index contributed by atoms with van der Waals surface area (Å²) in [4.78, 5) is 3.44. The summed E-state index contributed by atoms with van der Waals surface area (Å²) < 4.78 is 0. The molecule has 0 spiro atoms. The van der Waals surface area contributed by atoms with E-state index in [1.807, 2.05) is 0 Å². The molecule has 1 aromatic heterocycles. The van der Waals surface area contributed by atoms with Gasteiger partial charge in [0.1, 0.15) is 0 Å². The topological polar surface area (TPSA) is 53.8 Å². The second kappa shape index (κ2) is 3.36. The van der Waals surface area contributed by atoms with Gasteiger partial charge in [0.25, 0.3) is 0 Å². The number of hydrogen-bond donors (Lipinski definition) is 3. The first-order valence-electron chi connectivity index (χ1n) is 5.39. The highest BCUT2D eigenvalue weighted by Crippen LogP contribution is 2.25. The second-order valence-corrected chi connectivity index (χ2v) is 4.27. The summed E-state index contributed by atoms with van der Waals surface area (Å²) in [5.41, 5.74) is 8.34. The van der Waals surface area contributed by atoms with Crippen molar-refractivity contribution < 1.29 is 0 Å². The highest BCUT2D eigenvalue weighted by molar-refractivity contribution is 5.80. The molecule has 1 saturated heterocycles. The maximum Gasteiger partial charge on any atom is 0.0489 e. The van der Waals surface area contributed by atoms with Crippen molar-refractivity contribution in [3.8, 4) is 0 Å². The number of aromatic nitrogens is 1. The van der Waals surface area contributed by atoms with Crippen LogP contribution in [0.3, 0.4) is 0 Å². The zero-order valence-corrected chi connectivity index (χ0v) is 8.53. The summed E-state index contributed by atoms with van der Waals surface area (Å²) in [6, 6.07) is 11.3. The molecule has 1 fully saturated rings. The number of aromatic amines is 1. The first kappa shape index (κ1) is 8.95. The number of hydrogen-bond acceptors (Lipinski definition) is 2. The second-order valence-electron chi connectivity index (χ2n) is 4.27. The predicted octanol–water partition coefficient (Wildman–Crippen LogP) is 1.53. The lowest BCUT2D eigenvalue weighted by molar-refractivity contribution is 0.626. The number of H-pyrrole nitrogens is 1. The fourth-order valence-electron chi connectivity index (χ4n) is 2.28. The Morgan fingerprint density at radius 1 is 1.27 bits per heavy atom. The van der Waals surface area contributed by atoms with E-state index >= 15 is 0 Å². The van der Waals surface area contributed by atoms with Crippen LogP contribution in [-0.4, -0.2) is 17.6 Å². The fraction of sp³-hybridized carbons (Fsp3) is 0.333. The van der Waals surface area contributed by atoms with Crippen LogP contribution in [0.2, 0.25) is 0 Å². The summed E-state index contributed by atoms with van der Waals surface area (Å²) in [6.45, 7) is 0.917. The van der Waals surface area contributed by atoms with Gasteiger partial charge >= 0.3 is 0 Å². The summed E-state index contributed by atoms with van der Waals surface area (Å²) >= 11 is 0. The van der Waals surface area contributed by atoms with Crippen molar-refractivity contribution in [2.75, 3.05) is 6.54 Å². The van der Waals surface area contributed by atoms with Crippen molar-refractivity contribution in [3.05, 3.63) is 36.0 Å². The quantitative estimate of drug-likeness (QED) is 0.655. The Morgan fingerprint density at radius 3 is 2.87 bits per heavy atom. The smallest absolute Gasteiger partial charge is 0.0489 e. The molecule has 78 valence electrons. The molecule has 1 aliphatic heterocycles. The molecule has 4 N–H and O–H groups in total. The molecule has 15 heavy (non-hydrogen) atoms. The average molecular weight is 201 g/mol. The standard InChI is InChI=1S/C12H15N3/c13-9-6-11(14-7-9)12-5-8-3-1-2-4-10(8)15-12/h1-5,9,11,14-15H,6-7,13H2/t9-,11-/m0/s1. The van der Waals surface area contributed by atoms with Gasteiger partial charge in [-0.15, -0.1) is 0 Å². The van der Waals surface area contributed by atoms with E-state index in [0.29, 0.717) is 12.1 Å². The van der Waals surface area contributed by atoms with E-state index in [-0.39, 0.29) is 0 Å². The molecule has 0 bridgehead atoms. The van der Waals surface area contributed by atoms with E-state index in [2.05, 4.69) is 40.6 Å². The normalized spacial score (nSPS) is 26.2. The van der Waals surface area contributed by atoms with E-state index < -0.39 is 0 Å². The minimum absolute atomic E-state index is 0.293. The zero-order valence-electron chi connectivity index (χ0n) is 8.53. The van der Waals surface area contributed by atoms with Crippen molar-refractivity contribution in [3.63, 3.8) is 0 Å². The summed E-state index contributed by atoms with van der Waals surface area (Å²) in [6.07, 6.45) is 1.02. The van der Waals surface area contributed by atoms with Gasteiger partial charge in [0.2, 0.25) is 0 Å². The number of rotatable bonds is 1. The highest BCUT2D eigenvalue weighted by Gasteiger charge is 2.23. The van der Waals surface area contributed by atoms with Crippen molar-refractivity contribution >= 4 is 10.9 Å². The molecule has 0 saturated carbocycles. The minimum atomic E-state index is 0.293. The Morgan fingerprint density at radius 2 is 2.13 bits per heavy atom. The lowest BCUT2D eigenvalue weighted by Crippen LogP contribution is -2.22. The van der Waals surface area contributed by atoms with Crippen LogP contribution in [0.5, 0.6) is 0 Å². The Balaban J connectivity index is 1.98. The van der Waals surface area contributed by atoms with Crippen LogP contribution < -0.4 is 11.1 Å². The monoisotopic (exact) mass is 201 g/mol.